The van der Waals surface area contributed by atoms with Crippen LogP contribution < -0.4 is 5.32 Å². The predicted molar refractivity (Wildman–Crippen MR) is 85.8 cm³/mol. The second kappa shape index (κ2) is 7.88. The van der Waals surface area contributed by atoms with Crippen molar-refractivity contribution in [3.63, 3.8) is 0 Å². The van der Waals surface area contributed by atoms with E-state index in [0.29, 0.717) is 18.0 Å². The lowest BCUT2D eigenvalue weighted by Gasteiger charge is -2.19. The second-order valence-corrected chi connectivity index (χ2v) is 8.35. The van der Waals surface area contributed by atoms with Crippen molar-refractivity contribution in [3.8, 4) is 0 Å². The minimum absolute atomic E-state index is 0.00944. The number of hydrogen-bond donors (Lipinski definition) is 1. The summed E-state index contributed by atoms with van der Waals surface area (Å²) in [5.41, 5.74) is 0.653. The van der Waals surface area contributed by atoms with Gasteiger partial charge in [0.05, 0.1) is 18.5 Å². The number of halogens is 3. The molecular formula is C12H16Br2ClNOS. The number of nitrogens with one attached hydrogen (secondary N) is 1. The van der Waals surface area contributed by atoms with Gasteiger partial charge in [0.15, 0.2) is 0 Å². The summed E-state index contributed by atoms with van der Waals surface area (Å²) >= 11 is 14.5. The van der Waals surface area contributed by atoms with Gasteiger partial charge in [0.1, 0.15) is 0 Å². The van der Waals surface area contributed by atoms with Gasteiger partial charge in [0.2, 0.25) is 0 Å². The van der Waals surface area contributed by atoms with Crippen molar-refractivity contribution >= 4 is 60.7 Å². The van der Waals surface area contributed by atoms with Gasteiger partial charge in [0.25, 0.3) is 5.91 Å². The predicted octanol–water partition coefficient (Wildman–Crippen LogP) is 5.05. The molecule has 0 fully saturated rings. The number of carbonyl (C=O) groups excluding carboxylic acids is 1. The largest absolute Gasteiger partial charge is 0.350 e. The Morgan fingerprint density at radius 1 is 1.44 bits per heavy atom. The highest BCUT2D eigenvalue weighted by Crippen LogP contribution is 2.31. The van der Waals surface area contributed by atoms with Crippen LogP contribution in [0.1, 0.15) is 37.0 Å². The molecule has 1 heterocycles. The molecule has 0 saturated heterocycles. The van der Waals surface area contributed by atoms with E-state index in [1.807, 2.05) is 6.07 Å². The maximum atomic E-state index is 12.0. The normalized spacial score (nSPS) is 12.8. The Morgan fingerprint density at radius 3 is 2.50 bits per heavy atom. The standard InChI is InChI=1S/C12H16Br2ClNOS/c1-3-7(4-2)9(15)6-16-12(17)8-5-10(13)18-11(8)14/h5,7,9H,3-4,6H2,1-2H3,(H,16,17). The zero-order chi connectivity index (χ0) is 13.7. The highest BCUT2D eigenvalue weighted by Gasteiger charge is 2.18. The Morgan fingerprint density at radius 2 is 2.06 bits per heavy atom. The van der Waals surface area contributed by atoms with Gasteiger partial charge in [-0.15, -0.1) is 22.9 Å². The van der Waals surface area contributed by atoms with E-state index < -0.39 is 0 Å². The zero-order valence-corrected chi connectivity index (χ0v) is 15.0. The smallest absolute Gasteiger partial charge is 0.253 e. The van der Waals surface area contributed by atoms with Crippen LogP contribution in [-0.4, -0.2) is 17.8 Å². The average molecular weight is 418 g/mol. The molecule has 0 radical (unpaired) electrons. The molecule has 0 bridgehead atoms. The molecule has 1 rings (SSSR count). The van der Waals surface area contributed by atoms with Crippen LogP contribution in [0.5, 0.6) is 0 Å². The molecule has 1 aromatic heterocycles. The maximum absolute atomic E-state index is 12.0. The van der Waals surface area contributed by atoms with Crippen molar-refractivity contribution in [1.29, 1.82) is 0 Å². The third-order valence-electron chi connectivity index (χ3n) is 2.92. The van der Waals surface area contributed by atoms with Crippen LogP contribution in [0.2, 0.25) is 0 Å². The molecule has 1 N–H and O–H groups in total. The lowest BCUT2D eigenvalue weighted by atomic mass is 9.99. The van der Waals surface area contributed by atoms with Gasteiger partial charge in [-0.3, -0.25) is 4.79 Å². The van der Waals surface area contributed by atoms with Crippen LogP contribution >= 0.6 is 54.8 Å². The molecule has 102 valence electrons. The summed E-state index contributed by atoms with van der Waals surface area (Å²) in [5.74, 6) is 0.366. The van der Waals surface area contributed by atoms with Crippen LogP contribution in [0.3, 0.4) is 0 Å². The Hall–Kier alpha value is 0.420. The lowest BCUT2D eigenvalue weighted by molar-refractivity contribution is 0.0951. The molecule has 0 saturated carbocycles. The van der Waals surface area contributed by atoms with E-state index in [-0.39, 0.29) is 11.3 Å². The Labute approximate surface area is 134 Å². The van der Waals surface area contributed by atoms with Crippen LogP contribution in [0.25, 0.3) is 0 Å². The quantitative estimate of drug-likeness (QED) is 0.645. The molecule has 0 aliphatic rings. The van der Waals surface area contributed by atoms with Gasteiger partial charge in [-0.25, -0.2) is 0 Å². The lowest BCUT2D eigenvalue weighted by Crippen LogP contribution is -2.33. The van der Waals surface area contributed by atoms with Crippen LogP contribution in [0, 0.1) is 5.92 Å². The van der Waals surface area contributed by atoms with Gasteiger partial charge in [0, 0.05) is 6.54 Å². The Bertz CT molecular complexity index is 407. The van der Waals surface area contributed by atoms with E-state index in [4.69, 9.17) is 11.6 Å². The summed E-state index contributed by atoms with van der Waals surface area (Å²) in [7, 11) is 0. The van der Waals surface area contributed by atoms with Crippen LogP contribution in [0.4, 0.5) is 0 Å². The zero-order valence-electron chi connectivity index (χ0n) is 10.3. The molecule has 2 nitrogen and oxygen atoms in total. The summed E-state index contributed by atoms with van der Waals surface area (Å²) in [4.78, 5) is 12.0. The molecule has 1 aromatic rings. The average Bonchev–Trinajstić information content (AvgIpc) is 2.67. The van der Waals surface area contributed by atoms with E-state index >= 15 is 0 Å². The van der Waals surface area contributed by atoms with E-state index in [1.165, 1.54) is 11.3 Å². The number of carbonyl (C=O) groups is 1. The van der Waals surface area contributed by atoms with Gasteiger partial charge in [-0.1, -0.05) is 26.7 Å². The molecule has 1 amide bonds. The van der Waals surface area contributed by atoms with Crippen molar-refractivity contribution in [2.24, 2.45) is 5.92 Å². The number of rotatable bonds is 6. The van der Waals surface area contributed by atoms with Crippen molar-refractivity contribution in [1.82, 2.24) is 5.32 Å². The summed E-state index contributed by atoms with van der Waals surface area (Å²) in [6.45, 7) is 4.75. The number of thiophene rings is 1. The maximum Gasteiger partial charge on any atom is 0.253 e. The van der Waals surface area contributed by atoms with Gasteiger partial charge < -0.3 is 5.32 Å². The highest BCUT2D eigenvalue weighted by molar-refractivity contribution is 9.12. The molecule has 0 aromatic carbocycles. The summed E-state index contributed by atoms with van der Waals surface area (Å²) in [5, 5.41) is 2.88. The molecule has 6 heteroatoms. The first-order chi connectivity index (χ1) is 8.49. The van der Waals surface area contributed by atoms with Gasteiger partial charge in [-0.05, 0) is 43.8 Å². The topological polar surface area (TPSA) is 29.1 Å². The fourth-order valence-electron chi connectivity index (χ4n) is 1.75. The summed E-state index contributed by atoms with van der Waals surface area (Å²) in [6, 6.07) is 1.81. The fraction of sp³-hybridized carbons (Fsp3) is 0.583. The number of alkyl halides is 1. The number of amides is 1. The minimum Gasteiger partial charge on any atom is -0.350 e. The summed E-state index contributed by atoms with van der Waals surface area (Å²) < 4.78 is 1.77. The first-order valence-electron chi connectivity index (χ1n) is 5.86. The van der Waals surface area contributed by atoms with Crippen molar-refractivity contribution in [3.05, 3.63) is 19.2 Å². The van der Waals surface area contributed by atoms with Crippen molar-refractivity contribution in [2.75, 3.05) is 6.54 Å². The SMILES string of the molecule is CCC(CC)C(Cl)CNC(=O)c1cc(Br)sc1Br. The summed E-state index contributed by atoms with van der Waals surface area (Å²) in [6.07, 6.45) is 2.07. The molecular weight excluding hydrogens is 401 g/mol. The third-order valence-corrected chi connectivity index (χ3v) is 5.77. The minimum atomic E-state index is -0.0829. The van der Waals surface area contributed by atoms with E-state index in [9.17, 15) is 4.79 Å². The third kappa shape index (κ3) is 4.51. The number of hydrogen-bond acceptors (Lipinski definition) is 2. The van der Waals surface area contributed by atoms with E-state index in [1.54, 1.807) is 0 Å². The van der Waals surface area contributed by atoms with Crippen LogP contribution in [-0.2, 0) is 0 Å². The van der Waals surface area contributed by atoms with Crippen molar-refractivity contribution in [2.45, 2.75) is 32.1 Å². The second-order valence-electron chi connectivity index (χ2n) is 4.04. The van der Waals surface area contributed by atoms with Crippen molar-refractivity contribution < 1.29 is 4.79 Å². The Balaban J connectivity index is 2.53. The van der Waals surface area contributed by atoms with Crippen LogP contribution in [0.15, 0.2) is 13.6 Å². The van der Waals surface area contributed by atoms with Gasteiger partial charge >= 0.3 is 0 Å². The molecule has 0 aliphatic heterocycles. The first kappa shape index (κ1) is 16.5. The molecule has 1 unspecified atom stereocenters. The molecule has 1 atom stereocenters. The van der Waals surface area contributed by atoms with E-state index in [2.05, 4.69) is 51.0 Å². The highest BCUT2D eigenvalue weighted by atomic mass is 79.9. The molecule has 0 spiro atoms. The van der Waals surface area contributed by atoms with Gasteiger partial charge in [-0.2, -0.15) is 0 Å². The monoisotopic (exact) mass is 415 g/mol. The first-order valence-corrected chi connectivity index (χ1v) is 8.70. The Kier molecular flexibility index (Phi) is 7.21. The molecule has 0 aliphatic carbocycles. The fourth-order valence-corrected chi connectivity index (χ4v) is 4.97. The molecule has 18 heavy (non-hydrogen) atoms. The van der Waals surface area contributed by atoms with E-state index in [0.717, 1.165) is 20.4 Å².